The molecule has 3 aromatic carbocycles. The van der Waals surface area contributed by atoms with Gasteiger partial charge in [0, 0.05) is 48.5 Å². The van der Waals surface area contributed by atoms with Crippen LogP contribution in [0, 0.1) is 24.7 Å². The fraction of sp³-hybridized carbons (Fsp3) is 0.355. The molecule has 0 radical (unpaired) electrons. The predicted octanol–water partition coefficient (Wildman–Crippen LogP) is 4.86. The number of ether oxygens (including phenoxy) is 3. The number of carbonyl (C=O) groups is 1. The third-order valence-corrected chi connectivity index (χ3v) is 7.74. The van der Waals surface area contributed by atoms with E-state index in [0.717, 1.165) is 64.8 Å². The number of fused-ring (bicyclic) bond motifs is 2. The zero-order chi connectivity index (χ0) is 29.4. The molecule has 0 aliphatic carbocycles. The number of hydrogen-bond donors (Lipinski definition) is 3. The third-order valence-electron chi connectivity index (χ3n) is 7.74. The average molecular weight is 557 g/mol. The lowest BCUT2D eigenvalue weighted by molar-refractivity contribution is -0.148. The zero-order valence-electron chi connectivity index (χ0n) is 24.1. The van der Waals surface area contributed by atoms with Crippen molar-refractivity contribution in [1.82, 2.24) is 14.5 Å². The van der Waals surface area contributed by atoms with Crippen LogP contribution >= 0.6 is 0 Å². The molecular weight excluding hydrogens is 520 g/mol. The number of piperidine rings is 1. The van der Waals surface area contributed by atoms with E-state index in [0.29, 0.717) is 22.9 Å². The monoisotopic (exact) mass is 556 g/mol. The number of carbonyl (C=O) groups excluding carboxylic acids is 1. The number of amidine groups is 2. The summed E-state index contributed by atoms with van der Waals surface area (Å²) >= 11 is 0. The number of nitrogens with two attached hydrogens (primary N) is 1. The minimum absolute atomic E-state index is 0.0114. The van der Waals surface area contributed by atoms with Crippen molar-refractivity contribution in [2.45, 2.75) is 52.7 Å². The Morgan fingerprint density at radius 3 is 2.41 bits per heavy atom. The normalized spacial score (nSPS) is 14.7. The Morgan fingerprint density at radius 2 is 1.78 bits per heavy atom. The van der Waals surface area contributed by atoms with Crippen LogP contribution in [0.1, 0.15) is 43.6 Å². The van der Waals surface area contributed by atoms with Crippen molar-refractivity contribution in [2.75, 3.05) is 20.2 Å². The fourth-order valence-electron chi connectivity index (χ4n) is 5.57. The molecule has 1 unspecified atom stereocenters. The number of rotatable bonds is 7. The minimum atomic E-state index is -0.841. The van der Waals surface area contributed by atoms with Gasteiger partial charge in [-0.1, -0.05) is 24.3 Å². The summed E-state index contributed by atoms with van der Waals surface area (Å²) in [6, 6.07) is 13.6. The second-order valence-corrected chi connectivity index (χ2v) is 10.5. The summed E-state index contributed by atoms with van der Waals surface area (Å²) in [5.41, 5.74) is 9.80. The van der Waals surface area contributed by atoms with Crippen molar-refractivity contribution in [2.24, 2.45) is 5.73 Å². The number of nitrogen functional groups attached to an aromatic ring is 1. The summed E-state index contributed by atoms with van der Waals surface area (Å²) in [7, 11) is 1.33. The molecule has 1 fully saturated rings. The van der Waals surface area contributed by atoms with Crippen LogP contribution in [0.15, 0.2) is 42.5 Å². The number of likely N-dealkylation sites (tertiary alicyclic amines) is 1. The van der Waals surface area contributed by atoms with Crippen LogP contribution in [-0.2, 0) is 9.53 Å². The molecule has 5 rings (SSSR count). The minimum Gasteiger partial charge on any atom is -0.486 e. The number of nitrogens with zero attached hydrogens (tertiary/aromatic N) is 3. The van der Waals surface area contributed by atoms with Gasteiger partial charge in [0.1, 0.15) is 17.8 Å². The van der Waals surface area contributed by atoms with E-state index in [1.807, 2.05) is 61.2 Å². The maximum Gasteiger partial charge on any atom is 0.346 e. The molecule has 1 atom stereocenters. The van der Waals surface area contributed by atoms with Crippen molar-refractivity contribution in [1.29, 1.82) is 10.8 Å². The summed E-state index contributed by atoms with van der Waals surface area (Å²) in [5.74, 6) is 1.84. The third kappa shape index (κ3) is 5.17. The van der Waals surface area contributed by atoms with Gasteiger partial charge in [-0.25, -0.2) is 9.78 Å². The number of imidazole rings is 1. The van der Waals surface area contributed by atoms with Crippen LogP contribution in [0.25, 0.3) is 27.5 Å². The van der Waals surface area contributed by atoms with E-state index in [1.165, 1.54) is 7.11 Å². The molecule has 41 heavy (non-hydrogen) atoms. The average Bonchev–Trinajstić information content (AvgIpc) is 3.29. The Kier molecular flexibility index (Phi) is 7.57. The van der Waals surface area contributed by atoms with Crippen molar-refractivity contribution >= 4 is 39.4 Å². The fourth-order valence-corrected chi connectivity index (χ4v) is 5.57. The van der Waals surface area contributed by atoms with Gasteiger partial charge in [-0.2, -0.15) is 0 Å². The lowest BCUT2D eigenvalue weighted by atomic mass is 10.0. The van der Waals surface area contributed by atoms with Crippen LogP contribution in [-0.4, -0.2) is 64.5 Å². The Bertz CT molecular complexity index is 1670. The molecule has 4 aromatic rings. The first-order valence-electron chi connectivity index (χ1n) is 13.7. The molecule has 0 saturated carbocycles. The topological polar surface area (TPSA) is 140 Å². The number of aromatic nitrogens is 2. The van der Waals surface area contributed by atoms with Crippen LogP contribution in [0.5, 0.6) is 11.5 Å². The largest absolute Gasteiger partial charge is 0.486 e. The maximum absolute atomic E-state index is 12.3. The number of aryl methyl sites for hydroxylation is 2. The maximum atomic E-state index is 12.3. The first-order chi connectivity index (χ1) is 19.6. The predicted molar refractivity (Wildman–Crippen MR) is 160 cm³/mol. The van der Waals surface area contributed by atoms with E-state index < -0.39 is 12.1 Å². The highest BCUT2D eigenvalue weighted by atomic mass is 16.6. The molecule has 0 bridgehead atoms. The molecule has 4 N–H and O–H groups in total. The molecule has 1 aliphatic heterocycles. The van der Waals surface area contributed by atoms with Gasteiger partial charge in [-0.05, 0) is 45.2 Å². The van der Waals surface area contributed by atoms with Crippen LogP contribution < -0.4 is 15.2 Å². The molecule has 214 valence electrons. The Hall–Kier alpha value is -4.60. The van der Waals surface area contributed by atoms with Gasteiger partial charge in [0.2, 0.25) is 0 Å². The molecule has 1 saturated heterocycles. The number of esters is 1. The van der Waals surface area contributed by atoms with Crippen molar-refractivity contribution < 1.29 is 19.0 Å². The van der Waals surface area contributed by atoms with Gasteiger partial charge in [-0.3, -0.25) is 15.4 Å². The van der Waals surface area contributed by atoms with Crippen LogP contribution in [0.3, 0.4) is 0 Å². The summed E-state index contributed by atoms with van der Waals surface area (Å²) < 4.78 is 19.8. The lowest BCUT2D eigenvalue weighted by Gasteiger charge is -2.33. The van der Waals surface area contributed by atoms with Crippen LogP contribution in [0.4, 0.5) is 0 Å². The highest BCUT2D eigenvalue weighted by Gasteiger charge is 2.27. The van der Waals surface area contributed by atoms with E-state index in [9.17, 15) is 4.79 Å². The Labute approximate surface area is 239 Å². The molecule has 0 spiro atoms. The number of hydrogen-bond acceptors (Lipinski definition) is 7. The number of methoxy groups -OCH3 is 1. The molecular formula is C31H36N6O4. The van der Waals surface area contributed by atoms with Crippen molar-refractivity contribution in [3.8, 4) is 17.2 Å². The first-order valence-corrected chi connectivity index (χ1v) is 13.7. The highest BCUT2D eigenvalue weighted by Crippen LogP contribution is 2.41. The number of nitrogens with one attached hydrogen (secondary N) is 2. The molecule has 1 aromatic heterocycles. The van der Waals surface area contributed by atoms with Gasteiger partial charge in [0.05, 0.1) is 29.7 Å². The molecule has 10 nitrogen and oxygen atoms in total. The lowest BCUT2D eigenvalue weighted by Crippen LogP contribution is -2.40. The van der Waals surface area contributed by atoms with Gasteiger partial charge in [0.25, 0.3) is 0 Å². The summed E-state index contributed by atoms with van der Waals surface area (Å²) in [4.78, 5) is 19.2. The molecule has 10 heteroatoms. The SMILES string of the molecule is COC(=O)C(C)Oc1c(OC2CCN(C(C)=N)CC2)cc2c(nc(C)n2-c2ccc(C(=N)N)c3ccccc23)c1C. The quantitative estimate of drug-likeness (QED) is 0.168. The van der Waals surface area contributed by atoms with E-state index in [-0.39, 0.29) is 11.9 Å². The molecule has 1 aliphatic rings. The van der Waals surface area contributed by atoms with Crippen LogP contribution in [0.2, 0.25) is 0 Å². The van der Waals surface area contributed by atoms with Gasteiger partial charge in [0.15, 0.2) is 17.6 Å². The Morgan fingerprint density at radius 1 is 1.10 bits per heavy atom. The second kappa shape index (κ2) is 11.1. The molecule has 0 amide bonds. The summed E-state index contributed by atoms with van der Waals surface area (Å²) in [5, 5.41) is 17.8. The number of benzene rings is 3. The summed E-state index contributed by atoms with van der Waals surface area (Å²) in [6.07, 6.45) is 0.599. The van der Waals surface area contributed by atoms with E-state index in [4.69, 9.17) is 35.7 Å². The second-order valence-electron chi connectivity index (χ2n) is 10.5. The smallest absolute Gasteiger partial charge is 0.346 e. The van der Waals surface area contributed by atoms with E-state index in [2.05, 4.69) is 4.57 Å². The van der Waals surface area contributed by atoms with Crippen molar-refractivity contribution in [3.63, 3.8) is 0 Å². The highest BCUT2D eigenvalue weighted by molar-refractivity contribution is 6.10. The zero-order valence-corrected chi connectivity index (χ0v) is 24.1. The molecule has 2 heterocycles. The van der Waals surface area contributed by atoms with Gasteiger partial charge >= 0.3 is 5.97 Å². The van der Waals surface area contributed by atoms with Crippen molar-refractivity contribution in [3.05, 3.63) is 59.4 Å². The summed E-state index contributed by atoms with van der Waals surface area (Å²) in [6.45, 7) is 8.79. The van der Waals surface area contributed by atoms with Gasteiger partial charge < -0.3 is 24.8 Å². The van der Waals surface area contributed by atoms with E-state index >= 15 is 0 Å². The first kappa shape index (κ1) is 27.9. The Balaban J connectivity index is 1.66. The van der Waals surface area contributed by atoms with E-state index in [1.54, 1.807) is 13.8 Å². The standard InChI is InChI=1S/C31H36N6O4/c1-17-28-26(37(20(4)35-28)25-11-10-24(30(33)34)22-8-6-7-9-23(22)25)16-27(29(17)40-18(2)31(38)39-5)41-21-12-14-36(15-13-21)19(3)32/h6-11,16,18,21,32H,12-15H2,1-5H3,(H3,33,34). The van der Waals surface area contributed by atoms with Gasteiger partial charge in [-0.15, -0.1) is 0 Å².